The van der Waals surface area contributed by atoms with E-state index in [0.717, 1.165) is 24.4 Å². The van der Waals surface area contributed by atoms with Gasteiger partial charge in [-0.25, -0.2) is 0 Å². The second-order valence-electron chi connectivity index (χ2n) is 4.84. The van der Waals surface area contributed by atoms with E-state index in [1.165, 1.54) is 6.42 Å². The summed E-state index contributed by atoms with van der Waals surface area (Å²) in [5, 5.41) is 0.740. The molecule has 1 rings (SSSR count). The van der Waals surface area contributed by atoms with Gasteiger partial charge in [-0.05, 0) is 24.0 Å². The Morgan fingerprint density at radius 1 is 1.33 bits per heavy atom. The second kappa shape index (κ2) is 4.01. The summed E-state index contributed by atoms with van der Waals surface area (Å²) in [7, 11) is 0. The maximum Gasteiger partial charge on any atom is 0.0588 e. The normalized spacial score (nSPS) is 31.0. The van der Waals surface area contributed by atoms with Crippen molar-refractivity contribution in [1.29, 1.82) is 0 Å². The molecule has 72 valence electrons. The van der Waals surface area contributed by atoms with Gasteiger partial charge >= 0.3 is 0 Å². The number of hydrogen-bond donors (Lipinski definition) is 0. The summed E-state index contributed by atoms with van der Waals surface area (Å²) in [6, 6.07) is 0. The zero-order chi connectivity index (χ0) is 9.19. The smallest absolute Gasteiger partial charge is 0.0588 e. The lowest BCUT2D eigenvalue weighted by Crippen LogP contribution is -2.21. The molecule has 2 heteroatoms. The molecule has 0 aromatic heterocycles. The van der Waals surface area contributed by atoms with Crippen molar-refractivity contribution in [3.8, 4) is 0 Å². The molecule has 0 N–H and O–H groups in total. The van der Waals surface area contributed by atoms with E-state index >= 15 is 0 Å². The van der Waals surface area contributed by atoms with Crippen molar-refractivity contribution in [1.82, 2.24) is 0 Å². The van der Waals surface area contributed by atoms with E-state index in [1.807, 2.05) is 11.8 Å². The van der Waals surface area contributed by atoms with Crippen molar-refractivity contribution in [2.24, 2.45) is 11.3 Å². The van der Waals surface area contributed by atoms with Gasteiger partial charge in [-0.3, -0.25) is 0 Å². The lowest BCUT2D eigenvalue weighted by molar-refractivity contribution is 0.173. The number of rotatable bonds is 2. The molecule has 2 unspecified atom stereocenters. The van der Waals surface area contributed by atoms with Crippen molar-refractivity contribution in [2.45, 2.75) is 32.4 Å². The minimum Gasteiger partial charge on any atom is -0.380 e. The molecule has 1 aliphatic heterocycles. The van der Waals surface area contributed by atoms with Crippen LogP contribution in [0.2, 0.25) is 0 Å². The van der Waals surface area contributed by atoms with E-state index in [-0.39, 0.29) is 0 Å². The van der Waals surface area contributed by atoms with Gasteiger partial charge in [-0.15, -0.1) is 0 Å². The monoisotopic (exact) mass is 188 g/mol. The summed E-state index contributed by atoms with van der Waals surface area (Å²) in [6.07, 6.45) is 3.48. The van der Waals surface area contributed by atoms with Crippen LogP contribution in [0, 0.1) is 11.3 Å². The Morgan fingerprint density at radius 3 is 2.50 bits per heavy atom. The lowest BCUT2D eigenvalue weighted by atomic mass is 9.84. The van der Waals surface area contributed by atoms with Gasteiger partial charge in [0.1, 0.15) is 0 Å². The highest BCUT2D eigenvalue weighted by molar-refractivity contribution is 7.99. The molecule has 0 saturated carbocycles. The molecule has 2 atom stereocenters. The average molecular weight is 188 g/mol. The highest BCUT2D eigenvalue weighted by Gasteiger charge is 2.30. The summed E-state index contributed by atoms with van der Waals surface area (Å²) in [5.74, 6) is 0.778. The molecule has 1 heterocycles. The van der Waals surface area contributed by atoms with Gasteiger partial charge in [0.2, 0.25) is 0 Å². The van der Waals surface area contributed by atoms with Crippen molar-refractivity contribution in [2.75, 3.05) is 19.5 Å². The highest BCUT2D eigenvalue weighted by Crippen LogP contribution is 2.33. The first-order valence-electron chi connectivity index (χ1n) is 4.63. The molecule has 0 amide bonds. The first-order valence-corrected chi connectivity index (χ1v) is 5.92. The third-order valence-electron chi connectivity index (χ3n) is 2.32. The molecule has 12 heavy (non-hydrogen) atoms. The van der Waals surface area contributed by atoms with Crippen molar-refractivity contribution < 1.29 is 4.74 Å². The predicted molar refractivity (Wildman–Crippen MR) is 55.7 cm³/mol. The van der Waals surface area contributed by atoms with Crippen LogP contribution in [0.25, 0.3) is 0 Å². The van der Waals surface area contributed by atoms with Gasteiger partial charge in [-0.1, -0.05) is 20.8 Å². The Morgan fingerprint density at radius 2 is 2.00 bits per heavy atom. The molecule has 1 fully saturated rings. The standard InChI is InChI=1S/C10H20OS/c1-10(2,3)5-8-6-11-7-9(8)12-4/h8-9H,5-7H2,1-4H3. The van der Waals surface area contributed by atoms with Crippen molar-refractivity contribution >= 4 is 11.8 Å². The first kappa shape index (κ1) is 10.4. The summed E-state index contributed by atoms with van der Waals surface area (Å²) in [5.41, 5.74) is 0.451. The molecule has 0 bridgehead atoms. The molecular weight excluding hydrogens is 168 g/mol. The fourth-order valence-electron chi connectivity index (χ4n) is 1.82. The highest BCUT2D eigenvalue weighted by atomic mass is 32.2. The van der Waals surface area contributed by atoms with E-state index < -0.39 is 0 Å². The molecule has 0 aromatic carbocycles. The van der Waals surface area contributed by atoms with Gasteiger partial charge in [0.05, 0.1) is 13.2 Å². The molecule has 0 aliphatic carbocycles. The summed E-state index contributed by atoms with van der Waals surface area (Å²) < 4.78 is 5.49. The Labute approximate surface area is 80.3 Å². The fourth-order valence-corrected chi connectivity index (χ4v) is 2.61. The number of thioether (sulfide) groups is 1. The van der Waals surface area contributed by atoms with E-state index in [0.29, 0.717) is 5.41 Å². The van der Waals surface area contributed by atoms with E-state index in [4.69, 9.17) is 4.74 Å². The Hall–Kier alpha value is 0.310. The lowest BCUT2D eigenvalue weighted by Gasteiger charge is -2.25. The van der Waals surface area contributed by atoms with Crippen LogP contribution in [0.4, 0.5) is 0 Å². The third-order valence-corrected chi connectivity index (χ3v) is 3.44. The third kappa shape index (κ3) is 2.98. The first-order chi connectivity index (χ1) is 5.53. The largest absolute Gasteiger partial charge is 0.380 e. The summed E-state index contributed by atoms with van der Waals surface area (Å²) >= 11 is 1.96. The van der Waals surface area contributed by atoms with Gasteiger partial charge in [-0.2, -0.15) is 11.8 Å². The Balaban J connectivity index is 2.41. The Bertz CT molecular complexity index is 139. The van der Waals surface area contributed by atoms with Crippen LogP contribution in [0.5, 0.6) is 0 Å². The van der Waals surface area contributed by atoms with Gasteiger partial charge < -0.3 is 4.74 Å². The average Bonchev–Trinajstić information content (AvgIpc) is 2.31. The van der Waals surface area contributed by atoms with Crippen LogP contribution < -0.4 is 0 Å². The molecular formula is C10H20OS. The maximum absolute atomic E-state index is 5.49. The summed E-state index contributed by atoms with van der Waals surface area (Å²) in [4.78, 5) is 0. The fraction of sp³-hybridized carbons (Fsp3) is 1.00. The van der Waals surface area contributed by atoms with Crippen LogP contribution in [0.15, 0.2) is 0 Å². The van der Waals surface area contributed by atoms with Gasteiger partial charge in [0.25, 0.3) is 0 Å². The molecule has 1 aliphatic rings. The number of ether oxygens (including phenoxy) is 1. The van der Waals surface area contributed by atoms with Crippen LogP contribution in [-0.2, 0) is 4.74 Å². The quantitative estimate of drug-likeness (QED) is 0.659. The van der Waals surface area contributed by atoms with Crippen LogP contribution in [0.1, 0.15) is 27.2 Å². The van der Waals surface area contributed by atoms with E-state index in [9.17, 15) is 0 Å². The van der Waals surface area contributed by atoms with Crippen molar-refractivity contribution in [3.05, 3.63) is 0 Å². The zero-order valence-electron chi connectivity index (χ0n) is 8.59. The van der Waals surface area contributed by atoms with Gasteiger partial charge in [0.15, 0.2) is 0 Å². The number of hydrogen-bond acceptors (Lipinski definition) is 2. The van der Waals surface area contributed by atoms with E-state index in [1.54, 1.807) is 0 Å². The SMILES string of the molecule is CSC1COCC1CC(C)(C)C. The maximum atomic E-state index is 5.49. The molecule has 1 nitrogen and oxygen atoms in total. The van der Waals surface area contributed by atoms with Gasteiger partial charge in [0, 0.05) is 5.25 Å². The second-order valence-corrected chi connectivity index (χ2v) is 5.91. The topological polar surface area (TPSA) is 9.23 Å². The zero-order valence-corrected chi connectivity index (χ0v) is 9.41. The van der Waals surface area contributed by atoms with Crippen LogP contribution in [0.3, 0.4) is 0 Å². The van der Waals surface area contributed by atoms with E-state index in [2.05, 4.69) is 27.0 Å². The van der Waals surface area contributed by atoms with Crippen LogP contribution >= 0.6 is 11.8 Å². The molecule has 0 radical (unpaired) electrons. The predicted octanol–water partition coefficient (Wildman–Crippen LogP) is 2.80. The van der Waals surface area contributed by atoms with Crippen molar-refractivity contribution in [3.63, 3.8) is 0 Å². The summed E-state index contributed by atoms with van der Waals surface area (Å²) in [6.45, 7) is 8.86. The minimum absolute atomic E-state index is 0.451. The molecule has 0 aromatic rings. The molecule has 0 spiro atoms. The van der Waals surface area contributed by atoms with Crippen LogP contribution in [-0.4, -0.2) is 24.7 Å². The Kier molecular flexibility index (Phi) is 3.47. The molecule has 1 saturated heterocycles. The minimum atomic E-state index is 0.451.